The smallest absolute Gasteiger partial charge is 0.251 e. The summed E-state index contributed by atoms with van der Waals surface area (Å²) in [4.78, 5) is 0. The summed E-state index contributed by atoms with van der Waals surface area (Å²) < 4.78 is 266. The Morgan fingerprint density at radius 1 is 0.237 bits per heavy atom. The molecule has 12 rings (SSSR count). The van der Waals surface area contributed by atoms with Crippen LogP contribution in [0.5, 0.6) is 0 Å². The third kappa shape index (κ3) is 29.4. The highest BCUT2D eigenvalue weighted by Crippen LogP contribution is 2.36. The standard InChI is InChI=1S/C27H29F3.C24H22F4.C22H17F5.C20H15F3.2C2HF3/c28-18-7-5-3-1-2-4-6-9-21-12-17-26(27(30)19-21)23-15-13-22(14-16-23)24-10-8-11-25(29)20-24;1-16-6-8-18(14-22(16)26)21-11-9-19(15-24(21)28)20-10-7-17(13-23(20)27)5-3-2-4-12-25;1-13-18(24)11-17(12-19(13)25)15-4-6-16(7-5-15)22-20(26)9-14(3-2-8-23)10-21(22)27;21-11-10-14-6-8-15(9-7-14)17-12-18(22)20(19(23)13-17)16-4-2-1-3-5-16;2*3-1-2(4)5/h8,10-17,19-20H,1-7,9,18H2;6-11,13-15H,2-5,12H2,1H3;4-7,9-12H,2-3,8H2,1H3;1-9,12-13H,10-11H2;2*1H. The van der Waals surface area contributed by atoms with Crippen LogP contribution in [-0.2, 0) is 25.7 Å². The lowest BCUT2D eigenvalue weighted by atomic mass is 9.97. The lowest BCUT2D eigenvalue weighted by Gasteiger charge is -2.10. The van der Waals surface area contributed by atoms with Gasteiger partial charge in [0.15, 0.2) is 12.7 Å². The van der Waals surface area contributed by atoms with E-state index >= 15 is 0 Å². The first-order valence-corrected chi connectivity index (χ1v) is 37.9. The zero-order valence-corrected chi connectivity index (χ0v) is 64.5. The first-order valence-electron chi connectivity index (χ1n) is 37.9. The molecule has 118 heavy (non-hydrogen) atoms. The zero-order valence-electron chi connectivity index (χ0n) is 64.5. The van der Waals surface area contributed by atoms with E-state index in [9.17, 15) is 92.2 Å². The molecule has 21 heteroatoms. The second kappa shape index (κ2) is 49.0. The zero-order chi connectivity index (χ0) is 85.6. The van der Waals surface area contributed by atoms with Gasteiger partial charge in [-0.2, -0.15) is 17.6 Å². The van der Waals surface area contributed by atoms with Crippen molar-refractivity contribution in [3.8, 4) is 89.0 Å². The average molecular weight is 1650 g/mol. The Labute approximate surface area is 673 Å². The molecule has 0 unspecified atom stereocenters. The molecule has 0 saturated carbocycles. The van der Waals surface area contributed by atoms with Crippen LogP contribution in [-0.4, -0.2) is 26.7 Å². The maximum absolute atomic E-state index is 14.7. The fraction of sp³-hybridized carbons (Fsp3) is 0.216. The highest BCUT2D eigenvalue weighted by Gasteiger charge is 2.19. The van der Waals surface area contributed by atoms with Gasteiger partial charge < -0.3 is 0 Å². The molecule has 12 aromatic carbocycles. The number of halogens is 21. The van der Waals surface area contributed by atoms with E-state index in [2.05, 4.69) is 0 Å². The van der Waals surface area contributed by atoms with Gasteiger partial charge in [0.25, 0.3) is 12.2 Å². The Bertz CT molecular complexity index is 5080. The minimum Gasteiger partial charge on any atom is -0.251 e. The third-order valence-corrected chi connectivity index (χ3v) is 18.8. The lowest BCUT2D eigenvalue weighted by Crippen LogP contribution is -1.96. The molecule has 0 bridgehead atoms. The Hall–Kier alpha value is -11.4. The fourth-order valence-corrected chi connectivity index (χ4v) is 12.5. The number of hydrogen-bond acceptors (Lipinski definition) is 0. The summed E-state index contributed by atoms with van der Waals surface area (Å²) in [5.74, 6) is -5.80. The Kier molecular flexibility index (Phi) is 39.0. The van der Waals surface area contributed by atoms with Gasteiger partial charge in [0, 0.05) is 28.7 Å². The normalized spacial score (nSPS) is 10.6. The second-order valence-corrected chi connectivity index (χ2v) is 27.3. The van der Waals surface area contributed by atoms with Gasteiger partial charge in [-0.3, -0.25) is 17.6 Å². The highest BCUT2D eigenvalue weighted by molar-refractivity contribution is 5.76. The summed E-state index contributed by atoms with van der Waals surface area (Å²) in [5, 5.41) is 0. The van der Waals surface area contributed by atoms with Crippen molar-refractivity contribution in [2.24, 2.45) is 0 Å². The third-order valence-electron chi connectivity index (χ3n) is 18.8. The summed E-state index contributed by atoms with van der Waals surface area (Å²) in [7, 11) is 0. The van der Waals surface area contributed by atoms with E-state index in [1.807, 2.05) is 48.5 Å². The van der Waals surface area contributed by atoms with E-state index in [0.29, 0.717) is 92.4 Å². The minimum absolute atomic E-state index is 0.0246. The quantitative estimate of drug-likeness (QED) is 0.0356. The maximum Gasteiger partial charge on any atom is 0.298 e. The van der Waals surface area contributed by atoms with Crippen molar-refractivity contribution in [2.45, 2.75) is 110 Å². The summed E-state index contributed by atoms with van der Waals surface area (Å²) in [5.41, 5.74) is 10.7. The van der Waals surface area contributed by atoms with Gasteiger partial charge in [-0.25, -0.2) is 57.1 Å². The monoisotopic (exact) mass is 1650 g/mol. The van der Waals surface area contributed by atoms with Crippen LogP contribution in [0.25, 0.3) is 89.0 Å². The fourth-order valence-electron chi connectivity index (χ4n) is 12.5. The molecule has 12 aromatic rings. The lowest BCUT2D eigenvalue weighted by molar-refractivity contribution is 0.399. The molecule has 0 aliphatic heterocycles. The van der Waals surface area contributed by atoms with Crippen LogP contribution in [0, 0.1) is 77.8 Å². The number of benzene rings is 12. The van der Waals surface area contributed by atoms with E-state index in [0.717, 1.165) is 91.2 Å². The topological polar surface area (TPSA) is 0 Å². The molecule has 620 valence electrons. The molecule has 0 aromatic heterocycles. The van der Waals surface area contributed by atoms with Crippen LogP contribution in [0.15, 0.2) is 261 Å². The van der Waals surface area contributed by atoms with E-state index < -0.39 is 90.5 Å². The number of rotatable bonds is 27. The first kappa shape index (κ1) is 93.8. The van der Waals surface area contributed by atoms with Gasteiger partial charge in [0.2, 0.25) is 0 Å². The van der Waals surface area contributed by atoms with Crippen LogP contribution >= 0.6 is 0 Å². The van der Waals surface area contributed by atoms with Crippen molar-refractivity contribution in [3.63, 3.8) is 0 Å². The molecule has 0 atom stereocenters. The number of alkyl halides is 4. The Morgan fingerprint density at radius 2 is 0.568 bits per heavy atom. The van der Waals surface area contributed by atoms with Crippen LogP contribution < -0.4 is 0 Å². The van der Waals surface area contributed by atoms with E-state index in [-0.39, 0.29) is 60.1 Å². The van der Waals surface area contributed by atoms with Crippen LogP contribution in [0.1, 0.15) is 104 Å². The summed E-state index contributed by atoms with van der Waals surface area (Å²) in [6.45, 7) is 1.48. The van der Waals surface area contributed by atoms with Gasteiger partial charge >= 0.3 is 0 Å². The molecule has 0 fully saturated rings. The Balaban J connectivity index is 0.000000209. The molecule has 0 saturated heterocycles. The molecule has 0 N–H and O–H groups in total. The van der Waals surface area contributed by atoms with Crippen molar-refractivity contribution in [1.82, 2.24) is 0 Å². The molecule has 0 amide bonds. The van der Waals surface area contributed by atoms with Crippen molar-refractivity contribution < 1.29 is 92.2 Å². The molecular formula is C97H85F21. The predicted molar refractivity (Wildman–Crippen MR) is 431 cm³/mol. The molecule has 0 spiro atoms. The van der Waals surface area contributed by atoms with Crippen LogP contribution in [0.2, 0.25) is 0 Å². The summed E-state index contributed by atoms with van der Waals surface area (Å²) in [6, 6.07) is 62.6. The Morgan fingerprint density at radius 3 is 1.02 bits per heavy atom. The van der Waals surface area contributed by atoms with Gasteiger partial charge in [0.05, 0.1) is 37.8 Å². The predicted octanol–water partition coefficient (Wildman–Crippen LogP) is 32.0. The minimum atomic E-state index is -2.29. The highest BCUT2D eigenvalue weighted by atomic mass is 19.3. The molecule has 0 aliphatic rings. The second-order valence-electron chi connectivity index (χ2n) is 27.3. The maximum atomic E-state index is 14.7. The van der Waals surface area contributed by atoms with Crippen LogP contribution in [0.4, 0.5) is 92.2 Å². The molecule has 0 heterocycles. The summed E-state index contributed by atoms with van der Waals surface area (Å²) >= 11 is 0. The van der Waals surface area contributed by atoms with E-state index in [4.69, 9.17) is 0 Å². The van der Waals surface area contributed by atoms with Crippen molar-refractivity contribution >= 4 is 0 Å². The van der Waals surface area contributed by atoms with Gasteiger partial charge in [0.1, 0.15) is 64.0 Å². The number of aryl methyl sites for hydroxylation is 5. The first-order chi connectivity index (χ1) is 56.8. The number of hydrogen-bond donors (Lipinski definition) is 0. The average Bonchev–Trinajstić information content (AvgIpc) is 0.803. The van der Waals surface area contributed by atoms with E-state index in [1.165, 1.54) is 85.8 Å². The molecule has 0 radical (unpaired) electrons. The summed E-state index contributed by atoms with van der Waals surface area (Å²) in [6.07, 6.45) is 5.63. The van der Waals surface area contributed by atoms with Crippen molar-refractivity contribution in [2.75, 3.05) is 26.7 Å². The van der Waals surface area contributed by atoms with Crippen LogP contribution in [0.3, 0.4) is 0 Å². The molecule has 0 nitrogen and oxygen atoms in total. The van der Waals surface area contributed by atoms with Crippen molar-refractivity contribution in [3.05, 3.63) is 359 Å². The molecule has 0 aliphatic carbocycles. The molecular weight excluding hydrogens is 1560 g/mol. The number of unbranched alkanes of at least 4 members (excludes halogenated alkanes) is 8. The van der Waals surface area contributed by atoms with Crippen molar-refractivity contribution in [1.29, 1.82) is 0 Å². The SMILES string of the molecule is Cc1c(F)cc(-c2ccc(-c3c(F)cc(CCCF)cc3F)cc2)cc1F.Cc1ccc(-c2ccc(-c3ccc(CCCCCF)cc3F)cc2F)cc1F.FC=C(F)F.FC=C(F)F.FCCCCCCCCCc1ccc(-c2ccc(-c3cccc(F)c3)cc2)c(F)c1.FCCc1ccc(-c2cc(F)c(-c3ccccc3)c(F)c2)cc1. The van der Waals surface area contributed by atoms with E-state index in [1.54, 1.807) is 116 Å². The van der Waals surface area contributed by atoms with Gasteiger partial charge in [-0.15, -0.1) is 0 Å². The van der Waals surface area contributed by atoms with Gasteiger partial charge in [-0.05, 0) is 227 Å². The largest absolute Gasteiger partial charge is 0.298 e. The van der Waals surface area contributed by atoms with Gasteiger partial charge in [-0.1, -0.05) is 202 Å².